The SMILES string of the molecule is Cc1cc(C)c(C(O)C2(C#N)CCCCC2)c(C)c1. The third kappa shape index (κ3) is 2.53. The lowest BCUT2D eigenvalue weighted by molar-refractivity contribution is 0.0350. The van der Waals surface area contributed by atoms with Crippen molar-refractivity contribution in [2.24, 2.45) is 5.41 Å². The van der Waals surface area contributed by atoms with E-state index in [1.807, 2.05) is 13.8 Å². The second-order valence-electron chi connectivity index (χ2n) is 6.04. The van der Waals surface area contributed by atoms with E-state index in [1.54, 1.807) is 0 Å². The average Bonchev–Trinajstić information content (AvgIpc) is 2.38. The first kappa shape index (κ1) is 14.1. The predicted molar refractivity (Wildman–Crippen MR) is 76.7 cm³/mol. The molecule has 1 aliphatic rings. The summed E-state index contributed by atoms with van der Waals surface area (Å²) >= 11 is 0. The number of aliphatic hydroxyl groups is 1. The van der Waals surface area contributed by atoms with Gasteiger partial charge in [0.2, 0.25) is 0 Å². The Bertz CT molecular complexity index is 483. The summed E-state index contributed by atoms with van der Waals surface area (Å²) in [4.78, 5) is 0. The number of nitriles is 1. The summed E-state index contributed by atoms with van der Waals surface area (Å²) in [5, 5.41) is 20.4. The molecule has 0 bridgehead atoms. The Labute approximate surface area is 116 Å². The second-order valence-corrected chi connectivity index (χ2v) is 6.04. The maximum absolute atomic E-state index is 10.8. The Morgan fingerprint density at radius 1 is 1.11 bits per heavy atom. The van der Waals surface area contributed by atoms with E-state index in [1.165, 1.54) is 12.0 Å². The normalized spacial score (nSPS) is 19.7. The molecule has 2 rings (SSSR count). The summed E-state index contributed by atoms with van der Waals surface area (Å²) in [5.74, 6) is 0. The highest BCUT2D eigenvalue weighted by Crippen LogP contribution is 2.47. The van der Waals surface area contributed by atoms with Crippen LogP contribution in [0, 0.1) is 37.5 Å². The van der Waals surface area contributed by atoms with Gasteiger partial charge in [0.25, 0.3) is 0 Å². The third-order valence-electron chi connectivity index (χ3n) is 4.50. The topological polar surface area (TPSA) is 44.0 Å². The molecule has 1 fully saturated rings. The van der Waals surface area contributed by atoms with Gasteiger partial charge in [-0.05, 0) is 50.3 Å². The summed E-state index contributed by atoms with van der Waals surface area (Å²) < 4.78 is 0. The number of hydrogen-bond acceptors (Lipinski definition) is 2. The molecule has 0 aliphatic heterocycles. The van der Waals surface area contributed by atoms with Gasteiger partial charge in [-0.3, -0.25) is 0 Å². The van der Waals surface area contributed by atoms with Gasteiger partial charge in [-0.2, -0.15) is 5.26 Å². The van der Waals surface area contributed by atoms with Crippen LogP contribution >= 0.6 is 0 Å². The van der Waals surface area contributed by atoms with Crippen molar-refractivity contribution in [1.82, 2.24) is 0 Å². The van der Waals surface area contributed by atoms with E-state index in [0.717, 1.165) is 42.4 Å². The Morgan fingerprint density at radius 3 is 2.11 bits per heavy atom. The van der Waals surface area contributed by atoms with Crippen LogP contribution in [0.4, 0.5) is 0 Å². The molecule has 0 saturated heterocycles. The van der Waals surface area contributed by atoms with Crippen molar-refractivity contribution >= 4 is 0 Å². The maximum Gasteiger partial charge on any atom is 0.0981 e. The Kier molecular flexibility index (Phi) is 3.96. The molecule has 1 N–H and O–H groups in total. The molecule has 19 heavy (non-hydrogen) atoms. The fourth-order valence-corrected chi connectivity index (χ4v) is 3.53. The van der Waals surface area contributed by atoms with Crippen LogP contribution in [0.25, 0.3) is 0 Å². The molecule has 1 aromatic carbocycles. The van der Waals surface area contributed by atoms with Crippen LogP contribution in [0.2, 0.25) is 0 Å². The van der Waals surface area contributed by atoms with E-state index in [9.17, 15) is 10.4 Å². The molecular formula is C17H23NO. The fourth-order valence-electron chi connectivity index (χ4n) is 3.53. The Hall–Kier alpha value is -1.33. The van der Waals surface area contributed by atoms with Crippen LogP contribution in [0.15, 0.2) is 12.1 Å². The fraction of sp³-hybridized carbons (Fsp3) is 0.588. The van der Waals surface area contributed by atoms with Crippen molar-refractivity contribution in [3.63, 3.8) is 0 Å². The summed E-state index contributed by atoms with van der Waals surface area (Å²) in [7, 11) is 0. The van der Waals surface area contributed by atoms with Crippen molar-refractivity contribution in [3.8, 4) is 6.07 Å². The van der Waals surface area contributed by atoms with Gasteiger partial charge in [0, 0.05) is 0 Å². The van der Waals surface area contributed by atoms with Gasteiger partial charge in [0.1, 0.15) is 0 Å². The quantitative estimate of drug-likeness (QED) is 0.866. The molecule has 0 aromatic heterocycles. The number of aryl methyl sites for hydroxylation is 3. The van der Waals surface area contributed by atoms with Gasteiger partial charge in [-0.1, -0.05) is 37.0 Å². The maximum atomic E-state index is 10.8. The van der Waals surface area contributed by atoms with Gasteiger partial charge < -0.3 is 5.11 Å². The molecule has 1 unspecified atom stereocenters. The largest absolute Gasteiger partial charge is 0.387 e. The summed E-state index contributed by atoms with van der Waals surface area (Å²) in [6.45, 7) is 6.13. The molecular weight excluding hydrogens is 234 g/mol. The van der Waals surface area contributed by atoms with Crippen LogP contribution in [-0.4, -0.2) is 5.11 Å². The zero-order chi connectivity index (χ0) is 14.0. The highest BCUT2D eigenvalue weighted by atomic mass is 16.3. The van der Waals surface area contributed by atoms with Crippen LogP contribution < -0.4 is 0 Å². The standard InChI is InChI=1S/C17H23NO/c1-12-9-13(2)15(14(3)10-12)16(19)17(11-18)7-5-4-6-8-17/h9-10,16,19H,4-8H2,1-3H3. The molecule has 2 nitrogen and oxygen atoms in total. The lowest BCUT2D eigenvalue weighted by Crippen LogP contribution is -2.31. The van der Waals surface area contributed by atoms with Crippen LogP contribution in [0.5, 0.6) is 0 Å². The first-order valence-corrected chi connectivity index (χ1v) is 7.17. The summed E-state index contributed by atoms with van der Waals surface area (Å²) in [6.07, 6.45) is 4.26. The van der Waals surface area contributed by atoms with Crippen molar-refractivity contribution in [2.75, 3.05) is 0 Å². The third-order valence-corrected chi connectivity index (χ3v) is 4.50. The van der Waals surface area contributed by atoms with E-state index in [4.69, 9.17) is 0 Å². The lowest BCUT2D eigenvalue weighted by Gasteiger charge is -2.36. The number of nitrogens with zero attached hydrogens (tertiary/aromatic N) is 1. The number of aliphatic hydroxyl groups excluding tert-OH is 1. The molecule has 1 saturated carbocycles. The average molecular weight is 257 g/mol. The molecule has 102 valence electrons. The first-order valence-electron chi connectivity index (χ1n) is 7.17. The van der Waals surface area contributed by atoms with Crippen molar-refractivity contribution in [2.45, 2.75) is 59.0 Å². The Morgan fingerprint density at radius 2 is 1.63 bits per heavy atom. The number of hydrogen-bond donors (Lipinski definition) is 1. The van der Waals surface area contributed by atoms with E-state index in [2.05, 4.69) is 25.1 Å². The molecule has 0 radical (unpaired) electrons. The van der Waals surface area contributed by atoms with E-state index >= 15 is 0 Å². The second kappa shape index (κ2) is 5.35. The lowest BCUT2D eigenvalue weighted by atomic mass is 9.68. The molecule has 2 heteroatoms. The molecule has 1 atom stereocenters. The number of rotatable bonds is 2. The van der Waals surface area contributed by atoms with Crippen LogP contribution in [-0.2, 0) is 0 Å². The first-order chi connectivity index (χ1) is 9.00. The van der Waals surface area contributed by atoms with Crippen molar-refractivity contribution in [1.29, 1.82) is 5.26 Å². The monoisotopic (exact) mass is 257 g/mol. The minimum absolute atomic E-state index is 0.580. The van der Waals surface area contributed by atoms with Crippen LogP contribution in [0.1, 0.15) is 60.5 Å². The van der Waals surface area contributed by atoms with Gasteiger partial charge in [0.05, 0.1) is 17.6 Å². The summed E-state index contributed by atoms with van der Waals surface area (Å²) in [6, 6.07) is 6.63. The zero-order valence-electron chi connectivity index (χ0n) is 12.2. The highest BCUT2D eigenvalue weighted by Gasteiger charge is 2.41. The van der Waals surface area contributed by atoms with Gasteiger partial charge >= 0.3 is 0 Å². The molecule has 0 heterocycles. The van der Waals surface area contributed by atoms with E-state index in [0.29, 0.717) is 0 Å². The van der Waals surface area contributed by atoms with Gasteiger partial charge in [-0.25, -0.2) is 0 Å². The molecule has 1 aliphatic carbocycles. The van der Waals surface area contributed by atoms with Crippen molar-refractivity contribution < 1.29 is 5.11 Å². The molecule has 0 spiro atoms. The smallest absolute Gasteiger partial charge is 0.0981 e. The minimum Gasteiger partial charge on any atom is -0.387 e. The van der Waals surface area contributed by atoms with Gasteiger partial charge in [-0.15, -0.1) is 0 Å². The van der Waals surface area contributed by atoms with E-state index < -0.39 is 11.5 Å². The van der Waals surface area contributed by atoms with E-state index in [-0.39, 0.29) is 0 Å². The van der Waals surface area contributed by atoms with Crippen molar-refractivity contribution in [3.05, 3.63) is 34.4 Å². The minimum atomic E-state index is -0.654. The highest BCUT2D eigenvalue weighted by molar-refractivity contribution is 5.40. The Balaban J connectivity index is 2.43. The van der Waals surface area contributed by atoms with Gasteiger partial charge in [0.15, 0.2) is 0 Å². The predicted octanol–water partition coefficient (Wildman–Crippen LogP) is 4.12. The summed E-state index contributed by atoms with van der Waals surface area (Å²) in [5.41, 5.74) is 3.80. The van der Waals surface area contributed by atoms with Crippen LogP contribution in [0.3, 0.4) is 0 Å². The molecule has 1 aromatic rings. The number of benzene rings is 1. The zero-order valence-corrected chi connectivity index (χ0v) is 12.2. The molecule has 0 amide bonds.